The van der Waals surface area contributed by atoms with Gasteiger partial charge in [-0.1, -0.05) is 0 Å². The summed E-state index contributed by atoms with van der Waals surface area (Å²) in [7, 11) is -2.08. The van der Waals surface area contributed by atoms with Crippen LogP contribution in [0.1, 0.15) is 20.8 Å². The van der Waals surface area contributed by atoms with Gasteiger partial charge in [-0.2, -0.15) is 13.6 Å². The van der Waals surface area contributed by atoms with Crippen LogP contribution in [0.4, 0.5) is 4.79 Å². The van der Waals surface area contributed by atoms with Crippen molar-refractivity contribution in [3.63, 3.8) is 0 Å². The van der Waals surface area contributed by atoms with E-state index in [1.807, 2.05) is 0 Å². The molecule has 0 heterocycles. The van der Waals surface area contributed by atoms with Gasteiger partial charge >= 0.3 is 14.0 Å². The van der Waals surface area contributed by atoms with Crippen LogP contribution >= 0.6 is 7.94 Å². The Morgan fingerprint density at radius 3 is 1.80 bits per heavy atom. The number of hydrogen-bond acceptors (Lipinski definition) is 7. The van der Waals surface area contributed by atoms with Crippen molar-refractivity contribution in [2.24, 2.45) is 0 Å². The number of sulfonamides is 1. The Hall–Kier alpha value is -0.470. The van der Waals surface area contributed by atoms with E-state index >= 15 is 0 Å². The lowest BCUT2D eigenvalue weighted by atomic mass is 10.2. The highest BCUT2D eigenvalue weighted by molar-refractivity contribution is 7.97. The van der Waals surface area contributed by atoms with Crippen LogP contribution < -0.4 is 0 Å². The number of ether oxygens (including phenoxy) is 1. The molecule has 10 heteroatoms. The van der Waals surface area contributed by atoms with Crippen LogP contribution in [0.15, 0.2) is 0 Å². The summed E-state index contributed by atoms with van der Waals surface area (Å²) in [5.41, 5.74) is -1.38. The lowest BCUT2D eigenvalue weighted by molar-refractivity contribution is 0.0421. The van der Waals surface area contributed by atoms with Crippen LogP contribution in [0.2, 0.25) is 0 Å². The van der Waals surface area contributed by atoms with E-state index in [2.05, 4.69) is 0 Å². The third kappa shape index (κ3) is 5.49. The van der Waals surface area contributed by atoms with Crippen LogP contribution in [-0.4, -0.2) is 58.3 Å². The van der Waals surface area contributed by atoms with E-state index in [-0.39, 0.29) is 0 Å². The second kappa shape index (κ2) is 7.00. The molecular formula is C10H23NO7PS+. The molecule has 0 unspecified atom stereocenters. The highest BCUT2D eigenvalue weighted by atomic mass is 32.2. The molecular weight excluding hydrogens is 309 g/mol. The van der Waals surface area contributed by atoms with Crippen molar-refractivity contribution in [3.8, 4) is 0 Å². The maximum absolute atomic E-state index is 12.2. The van der Waals surface area contributed by atoms with Gasteiger partial charge in [0.25, 0.3) is 15.5 Å². The summed E-state index contributed by atoms with van der Waals surface area (Å²) in [5.74, 6) is 0. The predicted molar refractivity (Wildman–Crippen MR) is 75.7 cm³/mol. The first-order valence-corrected chi connectivity index (χ1v) is 9.01. The third-order valence-electron chi connectivity index (χ3n) is 2.22. The van der Waals surface area contributed by atoms with Crippen molar-refractivity contribution in [2.75, 3.05) is 33.9 Å². The maximum atomic E-state index is 12.2. The summed E-state index contributed by atoms with van der Waals surface area (Å²) in [6, 6.07) is 0. The van der Waals surface area contributed by atoms with E-state index in [1.165, 1.54) is 21.3 Å². The number of nitrogens with zero attached hydrogens (tertiary/aromatic N) is 1. The Labute approximate surface area is 121 Å². The predicted octanol–water partition coefficient (Wildman–Crippen LogP) is 1.84. The summed E-state index contributed by atoms with van der Waals surface area (Å²) < 4.78 is 44.9. The summed E-state index contributed by atoms with van der Waals surface area (Å²) in [6.45, 7) is 4.92. The van der Waals surface area contributed by atoms with E-state index < -0.39 is 35.2 Å². The lowest BCUT2D eigenvalue weighted by Gasteiger charge is -2.25. The molecule has 0 aliphatic heterocycles. The van der Waals surface area contributed by atoms with Crippen molar-refractivity contribution in [2.45, 2.75) is 26.4 Å². The second-order valence-electron chi connectivity index (χ2n) is 4.85. The van der Waals surface area contributed by atoms with Gasteiger partial charge in [-0.3, -0.25) is 0 Å². The van der Waals surface area contributed by atoms with Crippen molar-refractivity contribution in [3.05, 3.63) is 0 Å². The molecule has 0 atom stereocenters. The zero-order valence-corrected chi connectivity index (χ0v) is 14.6. The maximum Gasteiger partial charge on any atom is 0.428 e. The molecule has 0 saturated heterocycles. The van der Waals surface area contributed by atoms with E-state index in [9.17, 15) is 13.2 Å². The van der Waals surface area contributed by atoms with Gasteiger partial charge in [-0.15, -0.1) is 0 Å². The standard InChI is InChI=1S/C10H23NO7PS/c1-10(2,3)18-9(12)11(4)20(13,14)8-19(15-5,16-6)17-7/h8H2,1-7H3/q+1. The molecule has 0 aromatic heterocycles. The van der Waals surface area contributed by atoms with Crippen LogP contribution in [-0.2, 0) is 28.3 Å². The van der Waals surface area contributed by atoms with E-state index in [1.54, 1.807) is 20.8 Å². The average molecular weight is 332 g/mol. The Morgan fingerprint density at radius 2 is 1.50 bits per heavy atom. The summed E-state index contributed by atoms with van der Waals surface area (Å²) in [4.78, 5) is 11.8. The van der Waals surface area contributed by atoms with Gasteiger partial charge in [0.05, 0.1) is 21.3 Å². The summed E-state index contributed by atoms with van der Waals surface area (Å²) >= 11 is 0. The third-order valence-corrected chi connectivity index (χ3v) is 7.45. The van der Waals surface area contributed by atoms with E-state index in [0.717, 1.165) is 7.05 Å². The molecule has 0 bridgehead atoms. The first kappa shape index (κ1) is 19.5. The van der Waals surface area contributed by atoms with Crippen molar-refractivity contribution >= 4 is 24.1 Å². The topological polar surface area (TPSA) is 91.4 Å². The smallest absolute Gasteiger partial charge is 0.428 e. The van der Waals surface area contributed by atoms with Crippen molar-refractivity contribution in [1.29, 1.82) is 0 Å². The van der Waals surface area contributed by atoms with Crippen molar-refractivity contribution < 1.29 is 31.5 Å². The van der Waals surface area contributed by atoms with Gasteiger partial charge in [0, 0.05) is 7.05 Å². The quantitative estimate of drug-likeness (QED) is 0.685. The fourth-order valence-corrected chi connectivity index (χ4v) is 5.38. The fourth-order valence-electron chi connectivity index (χ4n) is 1.11. The lowest BCUT2D eigenvalue weighted by Crippen LogP contribution is -2.39. The normalized spacial score (nSPS) is 13.2. The Kier molecular flexibility index (Phi) is 6.83. The monoisotopic (exact) mass is 332 g/mol. The number of hydrogen-bond donors (Lipinski definition) is 0. The van der Waals surface area contributed by atoms with E-state index in [4.69, 9.17) is 18.3 Å². The summed E-state index contributed by atoms with van der Waals surface area (Å²) in [6.07, 6.45) is -0.973. The average Bonchev–Trinajstić information content (AvgIpc) is 2.33. The number of rotatable bonds is 6. The minimum atomic E-state index is -3.99. The molecule has 0 aliphatic carbocycles. The zero-order chi connectivity index (χ0) is 16.2. The Morgan fingerprint density at radius 1 is 1.10 bits per heavy atom. The largest absolute Gasteiger partial charge is 0.443 e. The van der Waals surface area contributed by atoms with Crippen LogP contribution in [0, 0.1) is 0 Å². The highest BCUT2D eigenvalue weighted by Crippen LogP contribution is 2.61. The molecule has 0 rings (SSSR count). The first-order chi connectivity index (χ1) is 8.93. The SMILES string of the molecule is CO[P+](CS(=O)(=O)N(C)C(=O)OC(C)(C)C)(OC)OC. The van der Waals surface area contributed by atoms with Crippen LogP contribution in [0.5, 0.6) is 0 Å². The molecule has 1 amide bonds. The highest BCUT2D eigenvalue weighted by Gasteiger charge is 2.49. The molecule has 0 spiro atoms. The van der Waals surface area contributed by atoms with E-state index in [0.29, 0.717) is 4.31 Å². The summed E-state index contributed by atoms with van der Waals surface area (Å²) in [5, 5.41) is 0. The number of amides is 1. The van der Waals surface area contributed by atoms with Crippen LogP contribution in [0.25, 0.3) is 0 Å². The number of carbonyl (C=O) groups is 1. The van der Waals surface area contributed by atoms with Gasteiger partial charge in [0.1, 0.15) is 5.60 Å². The number of carbonyl (C=O) groups excluding carboxylic acids is 1. The molecule has 20 heavy (non-hydrogen) atoms. The molecule has 0 aliphatic rings. The molecule has 120 valence electrons. The van der Waals surface area contributed by atoms with Gasteiger partial charge < -0.3 is 4.74 Å². The molecule has 8 nitrogen and oxygen atoms in total. The zero-order valence-electron chi connectivity index (χ0n) is 12.9. The van der Waals surface area contributed by atoms with Gasteiger partial charge in [-0.25, -0.2) is 17.5 Å². The van der Waals surface area contributed by atoms with Gasteiger partial charge in [0.15, 0.2) is 0 Å². The minimum Gasteiger partial charge on any atom is -0.443 e. The van der Waals surface area contributed by atoms with Crippen LogP contribution in [0.3, 0.4) is 0 Å². The first-order valence-electron chi connectivity index (χ1n) is 5.68. The Bertz CT molecular complexity index is 419. The molecule has 0 aromatic carbocycles. The molecule has 0 aromatic rings. The molecule has 0 radical (unpaired) electrons. The molecule has 0 saturated carbocycles. The molecule has 0 fully saturated rings. The minimum absolute atomic E-state index is 0.518. The van der Waals surface area contributed by atoms with Gasteiger partial charge in [0.2, 0.25) is 0 Å². The van der Waals surface area contributed by atoms with Gasteiger partial charge in [-0.05, 0) is 20.8 Å². The molecule has 0 N–H and O–H groups in total. The Balaban J connectivity index is 5.10. The second-order valence-corrected chi connectivity index (χ2v) is 9.91. The fraction of sp³-hybridized carbons (Fsp3) is 0.900. The van der Waals surface area contributed by atoms with Crippen molar-refractivity contribution in [1.82, 2.24) is 4.31 Å².